The van der Waals surface area contributed by atoms with Crippen molar-refractivity contribution in [2.24, 2.45) is 5.92 Å². The predicted molar refractivity (Wildman–Crippen MR) is 102 cm³/mol. The van der Waals surface area contributed by atoms with Gasteiger partial charge in [0.1, 0.15) is 11.6 Å². The Hall–Kier alpha value is -2.93. The molecule has 0 bridgehead atoms. The van der Waals surface area contributed by atoms with Crippen molar-refractivity contribution in [2.75, 3.05) is 31.7 Å². The highest BCUT2D eigenvalue weighted by Gasteiger charge is 2.20. The van der Waals surface area contributed by atoms with E-state index in [0.717, 1.165) is 48.6 Å². The lowest BCUT2D eigenvalue weighted by atomic mass is 9.99. The third-order valence-corrected chi connectivity index (χ3v) is 4.87. The fourth-order valence-electron chi connectivity index (χ4n) is 3.32. The van der Waals surface area contributed by atoms with Gasteiger partial charge in [-0.25, -0.2) is 4.98 Å². The normalized spacial score (nSPS) is 17.1. The summed E-state index contributed by atoms with van der Waals surface area (Å²) < 4.78 is 10.6. The quantitative estimate of drug-likeness (QED) is 0.743. The molecule has 1 aliphatic heterocycles. The molecule has 1 aromatic carbocycles. The summed E-state index contributed by atoms with van der Waals surface area (Å²) in [4.78, 5) is 11.2. The second kappa shape index (κ2) is 7.75. The SMILES string of the molecule is COc1ccc(-c2noc(-c3ccc(N4CCCC(CO)C4)nc3)n2)cc1. The summed E-state index contributed by atoms with van der Waals surface area (Å²) in [6.45, 7) is 2.03. The van der Waals surface area contributed by atoms with Crippen molar-refractivity contribution in [2.45, 2.75) is 12.8 Å². The first kappa shape index (κ1) is 17.5. The third-order valence-electron chi connectivity index (χ3n) is 4.87. The van der Waals surface area contributed by atoms with E-state index in [0.29, 0.717) is 17.6 Å². The van der Waals surface area contributed by atoms with Crippen LogP contribution in [-0.4, -0.2) is 47.0 Å². The molecular weight excluding hydrogens is 344 g/mol. The molecule has 0 saturated carbocycles. The van der Waals surface area contributed by atoms with Crippen LogP contribution in [0.2, 0.25) is 0 Å². The molecule has 7 heteroatoms. The number of methoxy groups -OCH3 is 1. The van der Waals surface area contributed by atoms with E-state index in [2.05, 4.69) is 20.0 Å². The Morgan fingerprint density at radius 1 is 1.19 bits per heavy atom. The van der Waals surface area contributed by atoms with Gasteiger partial charge in [0.05, 0.1) is 12.7 Å². The maximum absolute atomic E-state index is 9.39. The molecule has 1 N–H and O–H groups in total. The van der Waals surface area contributed by atoms with Crippen LogP contribution >= 0.6 is 0 Å². The van der Waals surface area contributed by atoms with E-state index in [1.165, 1.54) is 0 Å². The van der Waals surface area contributed by atoms with Crippen molar-refractivity contribution in [1.29, 1.82) is 0 Å². The van der Waals surface area contributed by atoms with E-state index in [1.807, 2.05) is 36.4 Å². The summed E-state index contributed by atoms with van der Waals surface area (Å²) in [5, 5.41) is 13.5. The Labute approximate surface area is 157 Å². The molecule has 2 aromatic heterocycles. The Kier molecular flexibility index (Phi) is 5.02. The molecule has 0 spiro atoms. The monoisotopic (exact) mass is 366 g/mol. The van der Waals surface area contributed by atoms with Crippen molar-refractivity contribution in [3.05, 3.63) is 42.6 Å². The van der Waals surface area contributed by atoms with Gasteiger partial charge in [0.15, 0.2) is 0 Å². The van der Waals surface area contributed by atoms with E-state index in [1.54, 1.807) is 13.3 Å². The molecule has 0 amide bonds. The largest absolute Gasteiger partial charge is 0.497 e. The molecule has 27 heavy (non-hydrogen) atoms. The van der Waals surface area contributed by atoms with Gasteiger partial charge in [0, 0.05) is 31.5 Å². The van der Waals surface area contributed by atoms with Crippen molar-refractivity contribution in [1.82, 2.24) is 15.1 Å². The number of rotatable bonds is 5. The van der Waals surface area contributed by atoms with E-state index in [9.17, 15) is 5.11 Å². The lowest BCUT2D eigenvalue weighted by Gasteiger charge is -2.32. The van der Waals surface area contributed by atoms with Gasteiger partial charge < -0.3 is 19.3 Å². The number of piperidine rings is 1. The van der Waals surface area contributed by atoms with Crippen LogP contribution in [0.15, 0.2) is 47.1 Å². The van der Waals surface area contributed by atoms with E-state index < -0.39 is 0 Å². The van der Waals surface area contributed by atoms with Gasteiger partial charge in [-0.1, -0.05) is 5.16 Å². The fourth-order valence-corrected chi connectivity index (χ4v) is 3.32. The van der Waals surface area contributed by atoms with Crippen LogP contribution in [0.4, 0.5) is 5.82 Å². The van der Waals surface area contributed by atoms with Gasteiger partial charge in [0.25, 0.3) is 5.89 Å². The first-order chi connectivity index (χ1) is 13.3. The van der Waals surface area contributed by atoms with Crippen molar-refractivity contribution in [3.8, 4) is 28.6 Å². The maximum atomic E-state index is 9.39. The highest BCUT2D eigenvalue weighted by atomic mass is 16.5. The number of ether oxygens (including phenoxy) is 1. The van der Waals surface area contributed by atoms with Crippen molar-refractivity contribution >= 4 is 5.82 Å². The van der Waals surface area contributed by atoms with Crippen LogP contribution < -0.4 is 9.64 Å². The number of pyridine rings is 1. The fraction of sp³-hybridized carbons (Fsp3) is 0.350. The number of anilines is 1. The number of aliphatic hydroxyl groups excluding tert-OH is 1. The molecule has 0 aliphatic carbocycles. The maximum Gasteiger partial charge on any atom is 0.259 e. The van der Waals surface area contributed by atoms with Crippen LogP contribution in [0.1, 0.15) is 12.8 Å². The van der Waals surface area contributed by atoms with Crippen LogP contribution in [0.5, 0.6) is 5.75 Å². The van der Waals surface area contributed by atoms with Crippen LogP contribution in [0.3, 0.4) is 0 Å². The van der Waals surface area contributed by atoms with Gasteiger partial charge in [0.2, 0.25) is 5.82 Å². The molecule has 3 heterocycles. The molecular formula is C20H22N4O3. The van der Waals surface area contributed by atoms with Crippen LogP contribution in [-0.2, 0) is 0 Å². The minimum atomic E-state index is 0.227. The smallest absolute Gasteiger partial charge is 0.259 e. The molecule has 1 atom stereocenters. The molecule has 1 saturated heterocycles. The third kappa shape index (κ3) is 3.78. The van der Waals surface area contributed by atoms with Gasteiger partial charge in [-0.3, -0.25) is 0 Å². The van der Waals surface area contributed by atoms with Crippen LogP contribution in [0.25, 0.3) is 22.8 Å². The Morgan fingerprint density at radius 3 is 2.70 bits per heavy atom. The molecule has 4 rings (SSSR count). The van der Waals surface area contributed by atoms with Crippen molar-refractivity contribution in [3.63, 3.8) is 0 Å². The molecule has 3 aromatic rings. The predicted octanol–water partition coefficient (Wildman–Crippen LogP) is 3.02. The number of benzene rings is 1. The first-order valence-corrected chi connectivity index (χ1v) is 9.07. The van der Waals surface area contributed by atoms with E-state index in [-0.39, 0.29) is 6.61 Å². The van der Waals surface area contributed by atoms with Gasteiger partial charge in [-0.15, -0.1) is 0 Å². The summed E-state index contributed by atoms with van der Waals surface area (Å²) in [7, 11) is 1.63. The van der Waals surface area contributed by atoms with E-state index >= 15 is 0 Å². The summed E-state index contributed by atoms with van der Waals surface area (Å²) in [6, 6.07) is 11.4. The zero-order valence-corrected chi connectivity index (χ0v) is 15.2. The molecule has 140 valence electrons. The zero-order chi connectivity index (χ0) is 18.6. The summed E-state index contributed by atoms with van der Waals surface area (Å²) in [5.74, 6) is 2.98. The molecule has 1 aliphatic rings. The number of aliphatic hydroxyl groups is 1. The van der Waals surface area contributed by atoms with Crippen LogP contribution in [0, 0.1) is 5.92 Å². The van der Waals surface area contributed by atoms with E-state index in [4.69, 9.17) is 9.26 Å². The van der Waals surface area contributed by atoms with Crippen molar-refractivity contribution < 1.29 is 14.4 Å². The number of nitrogens with zero attached hydrogens (tertiary/aromatic N) is 4. The lowest BCUT2D eigenvalue weighted by Crippen LogP contribution is -2.37. The second-order valence-corrected chi connectivity index (χ2v) is 6.69. The lowest BCUT2D eigenvalue weighted by molar-refractivity contribution is 0.208. The highest BCUT2D eigenvalue weighted by Crippen LogP contribution is 2.26. The number of aromatic nitrogens is 3. The van der Waals surface area contributed by atoms with Gasteiger partial charge in [-0.2, -0.15) is 4.98 Å². The first-order valence-electron chi connectivity index (χ1n) is 9.07. The highest BCUT2D eigenvalue weighted by molar-refractivity contribution is 5.61. The standard InChI is InChI=1S/C20H22N4O3/c1-26-17-7-4-15(5-8-17)19-22-20(27-23-19)16-6-9-18(21-11-16)24-10-2-3-14(12-24)13-25/h4-9,11,14,25H,2-3,10,12-13H2,1H3. The molecule has 0 radical (unpaired) electrons. The second-order valence-electron chi connectivity index (χ2n) is 6.69. The number of hydrogen-bond donors (Lipinski definition) is 1. The van der Waals surface area contributed by atoms with Gasteiger partial charge >= 0.3 is 0 Å². The Bertz CT molecular complexity index is 877. The zero-order valence-electron chi connectivity index (χ0n) is 15.2. The topological polar surface area (TPSA) is 84.5 Å². The number of hydrogen-bond acceptors (Lipinski definition) is 7. The van der Waals surface area contributed by atoms with Gasteiger partial charge in [-0.05, 0) is 55.2 Å². The average Bonchev–Trinajstić information content (AvgIpc) is 3.24. The average molecular weight is 366 g/mol. The molecule has 1 fully saturated rings. The summed E-state index contributed by atoms with van der Waals surface area (Å²) in [6.07, 6.45) is 3.90. The Balaban J connectivity index is 1.50. The molecule has 7 nitrogen and oxygen atoms in total. The summed E-state index contributed by atoms with van der Waals surface area (Å²) in [5.41, 5.74) is 1.64. The minimum Gasteiger partial charge on any atom is -0.497 e. The molecule has 1 unspecified atom stereocenters. The summed E-state index contributed by atoms with van der Waals surface area (Å²) >= 11 is 0. The Morgan fingerprint density at radius 2 is 2.00 bits per heavy atom. The minimum absolute atomic E-state index is 0.227.